The lowest BCUT2D eigenvalue weighted by Gasteiger charge is -2.35. The first-order chi connectivity index (χ1) is 13.8. The largest absolute Gasteiger partial charge is 0.363 e. The lowest BCUT2D eigenvalue weighted by atomic mass is 9.71. The molecule has 0 aliphatic heterocycles. The second kappa shape index (κ2) is 8.44. The average molecular weight is 392 g/mol. The van der Waals surface area contributed by atoms with Crippen molar-refractivity contribution in [3.8, 4) is 0 Å². The molecule has 1 aliphatic rings. The number of allylic oxidation sites excluding steroid dienone is 2. The van der Waals surface area contributed by atoms with Gasteiger partial charge in [-0.05, 0) is 78.0 Å². The van der Waals surface area contributed by atoms with E-state index in [2.05, 4.69) is 52.2 Å². The van der Waals surface area contributed by atoms with Gasteiger partial charge >= 0.3 is 5.97 Å². The third-order valence-corrected chi connectivity index (χ3v) is 6.04. The molecule has 1 aliphatic carbocycles. The van der Waals surface area contributed by atoms with E-state index in [0.717, 1.165) is 36.9 Å². The Morgan fingerprint density at radius 2 is 1.90 bits per heavy atom. The molecule has 0 fully saturated rings. The monoisotopic (exact) mass is 391 g/mol. The van der Waals surface area contributed by atoms with Gasteiger partial charge in [0.25, 0.3) is 0 Å². The zero-order valence-electron chi connectivity index (χ0n) is 18.6. The number of carbonyl (C=O) groups excluding carboxylic acids is 1. The Balaban J connectivity index is 2.04. The van der Waals surface area contributed by atoms with Crippen LogP contribution in [0.2, 0.25) is 0 Å². The summed E-state index contributed by atoms with van der Waals surface area (Å²) < 4.78 is 0. The lowest BCUT2D eigenvalue weighted by molar-refractivity contribution is 0.0594. The number of nitrogens with one attached hydrogen (secondary N) is 1. The van der Waals surface area contributed by atoms with Crippen LogP contribution in [-0.2, 0) is 23.1 Å². The van der Waals surface area contributed by atoms with Gasteiger partial charge in [-0.15, -0.1) is 0 Å². The molecule has 29 heavy (non-hydrogen) atoms. The molecular formula is C26H33NO2. The van der Waals surface area contributed by atoms with Crippen LogP contribution < -0.4 is 5.48 Å². The van der Waals surface area contributed by atoms with Crippen molar-refractivity contribution >= 4 is 17.2 Å². The van der Waals surface area contributed by atoms with Crippen molar-refractivity contribution < 1.29 is 9.63 Å². The normalized spacial score (nSPS) is 14.8. The summed E-state index contributed by atoms with van der Waals surface area (Å²) >= 11 is 0. The van der Waals surface area contributed by atoms with Crippen LogP contribution in [0.25, 0.3) is 5.57 Å². The molecule has 0 spiro atoms. The molecule has 2 aromatic rings. The van der Waals surface area contributed by atoms with E-state index in [-0.39, 0.29) is 11.4 Å². The number of hydrogen-bond donors (Lipinski definition) is 1. The number of anilines is 1. The summed E-state index contributed by atoms with van der Waals surface area (Å²) in [4.78, 5) is 18.5. The third-order valence-electron chi connectivity index (χ3n) is 6.04. The fraction of sp³-hybridized carbons (Fsp3) is 0.423. The van der Waals surface area contributed by atoms with Crippen molar-refractivity contribution in [3.63, 3.8) is 0 Å². The molecule has 0 unspecified atom stereocenters. The first kappa shape index (κ1) is 21.2. The van der Waals surface area contributed by atoms with Gasteiger partial charge in [-0.3, -0.25) is 0 Å². The van der Waals surface area contributed by atoms with Crippen molar-refractivity contribution in [2.45, 2.75) is 72.6 Å². The lowest BCUT2D eigenvalue weighted by Crippen LogP contribution is -2.26. The predicted molar refractivity (Wildman–Crippen MR) is 121 cm³/mol. The highest BCUT2D eigenvalue weighted by atomic mass is 16.7. The van der Waals surface area contributed by atoms with E-state index in [1.54, 1.807) is 0 Å². The molecule has 0 bridgehead atoms. The maximum Gasteiger partial charge on any atom is 0.363 e. The van der Waals surface area contributed by atoms with Gasteiger partial charge in [-0.2, -0.15) is 0 Å². The van der Waals surface area contributed by atoms with Gasteiger partial charge in [0.05, 0.1) is 11.3 Å². The Morgan fingerprint density at radius 1 is 1.17 bits per heavy atom. The minimum absolute atomic E-state index is 0.0267. The Hall–Kier alpha value is -2.55. The summed E-state index contributed by atoms with van der Waals surface area (Å²) in [6, 6.07) is 9.94. The van der Waals surface area contributed by atoms with Gasteiger partial charge in [-0.25, -0.2) is 10.3 Å². The highest BCUT2D eigenvalue weighted by Crippen LogP contribution is 2.45. The SMILES string of the molecule is CCCc1c(C)cc2c(c1NOC(=O)c1ccccc1CC)C(C)(C)CC=C2C. The van der Waals surface area contributed by atoms with Gasteiger partial charge in [0.15, 0.2) is 0 Å². The predicted octanol–water partition coefficient (Wildman–Crippen LogP) is 6.78. The molecule has 0 saturated carbocycles. The maximum absolute atomic E-state index is 12.8. The summed E-state index contributed by atoms with van der Waals surface area (Å²) in [5.74, 6) is -0.332. The zero-order valence-corrected chi connectivity index (χ0v) is 18.6. The molecule has 3 nitrogen and oxygen atoms in total. The summed E-state index contributed by atoms with van der Waals surface area (Å²) in [6.07, 6.45) is 6.07. The second-order valence-corrected chi connectivity index (χ2v) is 8.70. The van der Waals surface area contributed by atoms with E-state index in [0.29, 0.717) is 5.56 Å². The van der Waals surface area contributed by atoms with Gasteiger partial charge in [0.2, 0.25) is 0 Å². The van der Waals surface area contributed by atoms with Crippen LogP contribution in [0, 0.1) is 6.92 Å². The number of benzene rings is 2. The topological polar surface area (TPSA) is 38.3 Å². The standard InChI is InChI=1S/C26H33NO2/c1-7-11-20-18(4)16-22-17(3)14-15-26(5,6)23(22)24(20)27-29-25(28)21-13-10-9-12-19(21)8-2/h9-10,12-14,16,27H,7-8,11,15H2,1-6H3. The minimum atomic E-state index is -0.332. The Bertz CT molecular complexity index is 953. The van der Waals surface area contributed by atoms with E-state index >= 15 is 0 Å². The van der Waals surface area contributed by atoms with Gasteiger partial charge in [0, 0.05) is 0 Å². The van der Waals surface area contributed by atoms with Gasteiger partial charge < -0.3 is 4.84 Å². The van der Waals surface area contributed by atoms with Crippen LogP contribution in [0.5, 0.6) is 0 Å². The number of aryl methyl sites for hydroxylation is 2. The van der Waals surface area contributed by atoms with Crippen LogP contribution in [-0.4, -0.2) is 5.97 Å². The Kier molecular flexibility index (Phi) is 6.16. The number of fused-ring (bicyclic) bond motifs is 1. The van der Waals surface area contributed by atoms with E-state index in [1.165, 1.54) is 27.8 Å². The average Bonchev–Trinajstić information content (AvgIpc) is 2.70. The summed E-state index contributed by atoms with van der Waals surface area (Å²) in [7, 11) is 0. The highest BCUT2D eigenvalue weighted by molar-refractivity contribution is 5.92. The molecule has 0 atom stereocenters. The Labute approximate surface area is 175 Å². The van der Waals surface area contributed by atoms with Crippen LogP contribution in [0.1, 0.15) is 85.6 Å². The smallest absolute Gasteiger partial charge is 0.338 e. The van der Waals surface area contributed by atoms with Crippen LogP contribution in [0.3, 0.4) is 0 Å². The zero-order chi connectivity index (χ0) is 21.2. The summed E-state index contributed by atoms with van der Waals surface area (Å²) in [5, 5.41) is 0. The molecule has 0 saturated heterocycles. The van der Waals surface area contributed by atoms with Crippen molar-refractivity contribution in [3.05, 3.63) is 69.8 Å². The number of carbonyl (C=O) groups is 1. The third kappa shape index (κ3) is 4.10. The minimum Gasteiger partial charge on any atom is -0.338 e. The molecule has 3 rings (SSSR count). The van der Waals surface area contributed by atoms with Gasteiger partial charge in [-0.1, -0.05) is 64.5 Å². The van der Waals surface area contributed by atoms with Crippen LogP contribution in [0.4, 0.5) is 5.69 Å². The molecule has 0 amide bonds. The fourth-order valence-corrected chi connectivity index (χ4v) is 4.36. The molecule has 154 valence electrons. The van der Waals surface area contributed by atoms with Crippen molar-refractivity contribution in [2.75, 3.05) is 5.48 Å². The van der Waals surface area contributed by atoms with E-state index in [4.69, 9.17) is 4.84 Å². The quantitative estimate of drug-likeness (QED) is 0.552. The van der Waals surface area contributed by atoms with E-state index < -0.39 is 0 Å². The van der Waals surface area contributed by atoms with Crippen molar-refractivity contribution in [1.29, 1.82) is 0 Å². The number of rotatable bonds is 6. The highest BCUT2D eigenvalue weighted by Gasteiger charge is 2.32. The molecular weight excluding hydrogens is 358 g/mol. The van der Waals surface area contributed by atoms with Crippen molar-refractivity contribution in [1.82, 2.24) is 0 Å². The molecule has 1 N–H and O–H groups in total. The number of hydrogen-bond acceptors (Lipinski definition) is 3. The van der Waals surface area contributed by atoms with Crippen LogP contribution >= 0.6 is 0 Å². The van der Waals surface area contributed by atoms with E-state index in [1.807, 2.05) is 31.2 Å². The van der Waals surface area contributed by atoms with Crippen molar-refractivity contribution in [2.24, 2.45) is 0 Å². The molecule has 0 heterocycles. The maximum atomic E-state index is 12.8. The fourth-order valence-electron chi connectivity index (χ4n) is 4.36. The molecule has 0 radical (unpaired) electrons. The Morgan fingerprint density at radius 3 is 2.59 bits per heavy atom. The first-order valence-electron chi connectivity index (χ1n) is 10.7. The summed E-state index contributed by atoms with van der Waals surface area (Å²) in [5.41, 5.74) is 12.0. The van der Waals surface area contributed by atoms with Crippen LogP contribution in [0.15, 0.2) is 36.4 Å². The van der Waals surface area contributed by atoms with E-state index in [9.17, 15) is 4.79 Å². The first-order valence-corrected chi connectivity index (χ1v) is 10.7. The van der Waals surface area contributed by atoms with Gasteiger partial charge in [0.1, 0.15) is 0 Å². The molecule has 3 heteroatoms. The molecule has 0 aromatic heterocycles. The second-order valence-electron chi connectivity index (χ2n) is 8.70. The molecule has 2 aromatic carbocycles. The summed E-state index contributed by atoms with van der Waals surface area (Å²) in [6.45, 7) is 13.1.